The Kier molecular flexibility index (Phi) is 12.8. The number of benzene rings is 1. The summed E-state index contributed by atoms with van der Waals surface area (Å²) in [6.45, 7) is 1.43. The summed E-state index contributed by atoms with van der Waals surface area (Å²) in [7, 11) is 3.56. The molecule has 1 N–H and O–H groups in total. The largest absolute Gasteiger partial charge is 0.493 e. The van der Waals surface area contributed by atoms with Crippen LogP contribution < -0.4 is 15.7 Å². The van der Waals surface area contributed by atoms with Gasteiger partial charge in [-0.15, -0.1) is 37.2 Å². The molecule has 0 aliphatic carbocycles. The van der Waals surface area contributed by atoms with Crippen LogP contribution in [-0.2, 0) is 20.5 Å². The monoisotopic (exact) mass is 539 g/mol. The van der Waals surface area contributed by atoms with Crippen molar-refractivity contribution >= 4 is 48.3 Å². The number of ether oxygens (including phenoxy) is 1. The summed E-state index contributed by atoms with van der Waals surface area (Å²) in [5.74, 6) is 0.777. The lowest BCUT2D eigenvalue weighted by atomic mass is 10.0. The van der Waals surface area contributed by atoms with Crippen molar-refractivity contribution in [1.29, 1.82) is 0 Å². The SMILES string of the molecule is Cl.Cl.Cl.Cn1c(=O)n(C)c2cc(OCCCNC(CCc3cccnc3)c3cccnc3)ccc21. The number of rotatable bonds is 10. The number of aryl methyl sites for hydroxylation is 3. The minimum absolute atomic E-state index is 0. The topological polar surface area (TPSA) is 74.0 Å². The molecule has 1 atom stereocenters. The summed E-state index contributed by atoms with van der Waals surface area (Å²) in [5, 5.41) is 3.65. The average molecular weight is 541 g/mol. The van der Waals surface area contributed by atoms with Gasteiger partial charge < -0.3 is 10.1 Å². The minimum atomic E-state index is -0.0333. The third-order valence-corrected chi connectivity index (χ3v) is 5.76. The quantitative estimate of drug-likeness (QED) is 0.296. The summed E-state index contributed by atoms with van der Waals surface area (Å²) >= 11 is 0. The standard InChI is InChI=1S/C25H29N5O2.3ClH/c1-29-23-11-9-21(16-24(23)30(2)25(29)31)32-15-5-14-28-22(20-7-4-13-27-18-20)10-8-19-6-3-12-26-17-19;;;/h3-4,6-7,9,11-13,16-18,22,28H,5,8,10,14-15H2,1-2H3;3*1H. The van der Waals surface area contributed by atoms with Gasteiger partial charge in [-0.25, -0.2) is 4.79 Å². The minimum Gasteiger partial charge on any atom is -0.493 e. The van der Waals surface area contributed by atoms with Crippen LogP contribution in [0.3, 0.4) is 0 Å². The molecule has 1 aromatic carbocycles. The molecule has 0 saturated carbocycles. The van der Waals surface area contributed by atoms with Gasteiger partial charge in [-0.2, -0.15) is 0 Å². The molecule has 3 aromatic heterocycles. The van der Waals surface area contributed by atoms with E-state index < -0.39 is 0 Å². The van der Waals surface area contributed by atoms with E-state index in [2.05, 4.69) is 27.4 Å². The summed E-state index contributed by atoms with van der Waals surface area (Å²) in [6, 6.07) is 14.2. The van der Waals surface area contributed by atoms with Crippen molar-refractivity contribution in [2.75, 3.05) is 13.2 Å². The lowest BCUT2D eigenvalue weighted by Gasteiger charge is -2.19. The first-order valence-electron chi connectivity index (χ1n) is 10.9. The van der Waals surface area contributed by atoms with Crippen LogP contribution in [0.15, 0.2) is 72.0 Å². The van der Waals surface area contributed by atoms with Crippen molar-refractivity contribution in [3.05, 3.63) is 88.9 Å². The number of fused-ring (bicyclic) bond motifs is 1. The number of imidazole rings is 1. The number of nitrogens with zero attached hydrogens (tertiary/aromatic N) is 4. The maximum Gasteiger partial charge on any atom is 0.328 e. The lowest BCUT2D eigenvalue weighted by molar-refractivity contribution is 0.304. The van der Waals surface area contributed by atoms with E-state index in [-0.39, 0.29) is 49.0 Å². The zero-order valence-corrected chi connectivity index (χ0v) is 22.2. The van der Waals surface area contributed by atoms with Crippen molar-refractivity contribution in [3.63, 3.8) is 0 Å². The molecular formula is C25H32Cl3N5O2. The van der Waals surface area contributed by atoms with Gasteiger partial charge in [-0.1, -0.05) is 12.1 Å². The predicted molar refractivity (Wildman–Crippen MR) is 148 cm³/mol. The Hall–Kier alpha value is -2.58. The number of hydrogen-bond acceptors (Lipinski definition) is 5. The van der Waals surface area contributed by atoms with Crippen LogP contribution in [0.1, 0.15) is 30.0 Å². The molecular weight excluding hydrogens is 509 g/mol. The van der Waals surface area contributed by atoms with Crippen LogP contribution >= 0.6 is 37.2 Å². The van der Waals surface area contributed by atoms with Gasteiger partial charge in [0.05, 0.1) is 17.6 Å². The normalized spacial score (nSPS) is 11.1. The number of halogens is 3. The van der Waals surface area contributed by atoms with E-state index in [9.17, 15) is 4.79 Å². The summed E-state index contributed by atoms with van der Waals surface area (Å²) < 4.78 is 9.24. The van der Waals surface area contributed by atoms with Crippen LogP contribution in [0.4, 0.5) is 0 Å². The van der Waals surface area contributed by atoms with Crippen molar-refractivity contribution in [3.8, 4) is 5.75 Å². The number of hydrogen-bond donors (Lipinski definition) is 1. The van der Waals surface area contributed by atoms with Gasteiger partial charge in [0, 0.05) is 51.0 Å². The van der Waals surface area contributed by atoms with Crippen molar-refractivity contribution in [2.45, 2.75) is 25.3 Å². The molecule has 3 heterocycles. The van der Waals surface area contributed by atoms with Crippen LogP contribution in [0, 0.1) is 0 Å². The van der Waals surface area contributed by atoms with E-state index in [1.165, 1.54) is 11.1 Å². The maximum atomic E-state index is 12.1. The van der Waals surface area contributed by atoms with E-state index in [1.54, 1.807) is 35.6 Å². The Morgan fingerprint density at radius 1 is 0.943 bits per heavy atom. The lowest BCUT2D eigenvalue weighted by Crippen LogP contribution is -2.24. The average Bonchev–Trinajstić information content (AvgIpc) is 3.05. The second-order valence-electron chi connectivity index (χ2n) is 7.95. The molecule has 0 radical (unpaired) electrons. The van der Waals surface area contributed by atoms with Crippen LogP contribution in [0.25, 0.3) is 11.0 Å². The highest BCUT2D eigenvalue weighted by molar-refractivity contribution is 5.86. The second-order valence-corrected chi connectivity index (χ2v) is 7.95. The molecule has 0 saturated heterocycles. The number of aromatic nitrogens is 4. The molecule has 0 aliphatic heterocycles. The fraction of sp³-hybridized carbons (Fsp3) is 0.320. The number of nitrogens with one attached hydrogen (secondary N) is 1. The van der Waals surface area contributed by atoms with Crippen LogP contribution in [0.5, 0.6) is 5.75 Å². The Morgan fingerprint density at radius 3 is 2.34 bits per heavy atom. The van der Waals surface area contributed by atoms with Crippen LogP contribution in [0.2, 0.25) is 0 Å². The van der Waals surface area contributed by atoms with Gasteiger partial charge in [-0.05, 0) is 61.2 Å². The summed E-state index contributed by atoms with van der Waals surface area (Å²) in [4.78, 5) is 20.6. The molecule has 0 fully saturated rings. The zero-order valence-electron chi connectivity index (χ0n) is 19.8. The molecule has 0 aliphatic rings. The number of pyridine rings is 2. The second kappa shape index (κ2) is 14.7. The fourth-order valence-corrected chi connectivity index (χ4v) is 3.94. The van der Waals surface area contributed by atoms with Crippen molar-refractivity contribution < 1.29 is 4.74 Å². The molecule has 4 rings (SSSR count). The van der Waals surface area contributed by atoms with Gasteiger partial charge >= 0.3 is 5.69 Å². The zero-order chi connectivity index (χ0) is 22.3. The van der Waals surface area contributed by atoms with Gasteiger partial charge in [0.15, 0.2) is 0 Å². The van der Waals surface area contributed by atoms with E-state index >= 15 is 0 Å². The Balaban J connectivity index is 0.00000204. The first-order valence-corrected chi connectivity index (χ1v) is 10.9. The highest BCUT2D eigenvalue weighted by Crippen LogP contribution is 2.20. The summed E-state index contributed by atoms with van der Waals surface area (Å²) in [5.41, 5.74) is 4.17. The third-order valence-electron chi connectivity index (χ3n) is 5.76. The van der Waals surface area contributed by atoms with Gasteiger partial charge in [-0.3, -0.25) is 19.1 Å². The van der Waals surface area contributed by atoms with E-state index in [1.807, 2.05) is 42.7 Å². The maximum absolute atomic E-state index is 12.1. The van der Waals surface area contributed by atoms with E-state index in [4.69, 9.17) is 4.74 Å². The fourth-order valence-electron chi connectivity index (χ4n) is 3.94. The molecule has 1 unspecified atom stereocenters. The molecule has 10 heteroatoms. The molecule has 0 bridgehead atoms. The molecule has 7 nitrogen and oxygen atoms in total. The van der Waals surface area contributed by atoms with E-state index in [0.717, 1.165) is 42.6 Å². The van der Waals surface area contributed by atoms with Crippen molar-refractivity contribution in [1.82, 2.24) is 24.4 Å². The predicted octanol–water partition coefficient (Wildman–Crippen LogP) is 4.67. The molecule has 190 valence electrons. The van der Waals surface area contributed by atoms with E-state index in [0.29, 0.717) is 6.61 Å². The van der Waals surface area contributed by atoms with Crippen LogP contribution in [-0.4, -0.2) is 32.3 Å². The Bertz CT molecular complexity index is 1220. The van der Waals surface area contributed by atoms with Crippen molar-refractivity contribution in [2.24, 2.45) is 14.1 Å². The molecule has 0 spiro atoms. The molecule has 0 amide bonds. The first kappa shape index (κ1) is 30.5. The smallest absolute Gasteiger partial charge is 0.328 e. The Labute approximate surface area is 224 Å². The van der Waals surface area contributed by atoms with Gasteiger partial charge in [0.2, 0.25) is 0 Å². The summed E-state index contributed by atoms with van der Waals surface area (Å²) in [6.07, 6.45) is 10.2. The first-order chi connectivity index (χ1) is 15.6. The highest BCUT2D eigenvalue weighted by atomic mass is 35.5. The highest BCUT2D eigenvalue weighted by Gasteiger charge is 2.12. The van der Waals surface area contributed by atoms with Gasteiger partial charge in [0.1, 0.15) is 5.75 Å². The molecule has 35 heavy (non-hydrogen) atoms. The molecule has 4 aromatic rings. The Morgan fingerprint density at radius 2 is 1.66 bits per heavy atom. The van der Waals surface area contributed by atoms with Gasteiger partial charge in [0.25, 0.3) is 0 Å². The third kappa shape index (κ3) is 7.70.